The number of amides is 2. The van der Waals surface area contributed by atoms with E-state index in [2.05, 4.69) is 30.5 Å². The summed E-state index contributed by atoms with van der Waals surface area (Å²) in [6, 6.07) is 14.0. The van der Waals surface area contributed by atoms with Gasteiger partial charge in [-0.1, -0.05) is 27.5 Å². The van der Waals surface area contributed by atoms with Gasteiger partial charge in [0.2, 0.25) is 0 Å². The summed E-state index contributed by atoms with van der Waals surface area (Å²) >= 11 is 9.43. The van der Waals surface area contributed by atoms with Gasteiger partial charge in [0, 0.05) is 41.9 Å². The molecule has 6 nitrogen and oxygen atoms in total. The summed E-state index contributed by atoms with van der Waals surface area (Å²) in [5.41, 5.74) is 2.99. The molecule has 0 radical (unpaired) electrons. The minimum Gasteiger partial charge on any atom is -0.353 e. The summed E-state index contributed by atoms with van der Waals surface area (Å²) in [7, 11) is 0. The van der Waals surface area contributed by atoms with Crippen LogP contribution in [0.4, 0.5) is 20.7 Å². The monoisotopic (exact) mass is 515 g/mol. The summed E-state index contributed by atoms with van der Waals surface area (Å²) in [4.78, 5) is 21.6. The van der Waals surface area contributed by atoms with Crippen molar-refractivity contribution >= 4 is 61.6 Å². The standard InChI is InChI=1S/C23H20BrClFN5O/c24-15-4-6-18(17(26)13-15)28-23(32)30-9-2-8-29(11-12-30)22-21-3-1-10-31(21)20-7-5-16(25)14-19(20)27-22/h1,3-7,10,13-14H,2,8-9,11-12H2,(H,28,32). The molecule has 2 aromatic carbocycles. The van der Waals surface area contributed by atoms with Crippen LogP contribution in [-0.4, -0.2) is 46.5 Å². The van der Waals surface area contributed by atoms with Crippen molar-refractivity contribution in [2.45, 2.75) is 6.42 Å². The number of hydrogen-bond acceptors (Lipinski definition) is 3. The molecule has 0 atom stereocenters. The van der Waals surface area contributed by atoms with E-state index >= 15 is 0 Å². The van der Waals surface area contributed by atoms with Crippen LogP contribution >= 0.6 is 27.5 Å². The molecule has 164 valence electrons. The molecule has 2 amide bonds. The second kappa shape index (κ2) is 8.60. The number of aromatic nitrogens is 2. The van der Waals surface area contributed by atoms with Crippen molar-refractivity contribution in [3.05, 3.63) is 70.0 Å². The number of hydrogen-bond donors (Lipinski definition) is 1. The van der Waals surface area contributed by atoms with E-state index in [0.717, 1.165) is 35.3 Å². The number of benzene rings is 2. The number of fused-ring (bicyclic) bond motifs is 3. The number of carbonyl (C=O) groups excluding carboxylic acids is 1. The summed E-state index contributed by atoms with van der Waals surface area (Å²) in [6.07, 6.45) is 2.79. The van der Waals surface area contributed by atoms with Crippen LogP contribution in [0.3, 0.4) is 0 Å². The van der Waals surface area contributed by atoms with Crippen LogP contribution in [0, 0.1) is 5.82 Å². The lowest BCUT2D eigenvalue weighted by Gasteiger charge is -2.24. The third kappa shape index (κ3) is 4.00. The molecule has 1 aliphatic heterocycles. The Balaban J connectivity index is 1.37. The van der Waals surface area contributed by atoms with Crippen LogP contribution in [0.25, 0.3) is 16.6 Å². The molecule has 0 unspecified atom stereocenters. The van der Waals surface area contributed by atoms with Crippen molar-refractivity contribution in [1.82, 2.24) is 14.3 Å². The molecule has 3 heterocycles. The zero-order chi connectivity index (χ0) is 22.2. The van der Waals surface area contributed by atoms with E-state index in [1.807, 2.05) is 36.5 Å². The van der Waals surface area contributed by atoms with Crippen molar-refractivity contribution in [2.24, 2.45) is 0 Å². The van der Waals surface area contributed by atoms with Crippen molar-refractivity contribution in [3.63, 3.8) is 0 Å². The topological polar surface area (TPSA) is 52.9 Å². The molecule has 1 aliphatic rings. The van der Waals surface area contributed by atoms with E-state index in [0.29, 0.717) is 29.1 Å². The average molecular weight is 517 g/mol. The summed E-state index contributed by atoms with van der Waals surface area (Å²) in [6.45, 7) is 2.47. The fraction of sp³-hybridized carbons (Fsp3) is 0.217. The van der Waals surface area contributed by atoms with Gasteiger partial charge >= 0.3 is 6.03 Å². The maximum Gasteiger partial charge on any atom is 0.321 e. The number of urea groups is 1. The highest BCUT2D eigenvalue weighted by Gasteiger charge is 2.22. The van der Waals surface area contributed by atoms with Gasteiger partial charge in [0.25, 0.3) is 0 Å². The van der Waals surface area contributed by atoms with Gasteiger partial charge in [-0.15, -0.1) is 0 Å². The van der Waals surface area contributed by atoms with Gasteiger partial charge in [-0.2, -0.15) is 0 Å². The SMILES string of the molecule is O=C(Nc1ccc(Br)cc1F)N1CCCN(c2nc3cc(Cl)ccc3n3cccc23)CC1. The summed E-state index contributed by atoms with van der Waals surface area (Å²) in [5.74, 6) is 0.393. The van der Waals surface area contributed by atoms with Gasteiger partial charge in [0.15, 0.2) is 5.82 Å². The number of nitrogens with zero attached hydrogens (tertiary/aromatic N) is 4. The Morgan fingerprint density at radius 2 is 1.94 bits per heavy atom. The van der Waals surface area contributed by atoms with E-state index in [1.165, 1.54) is 6.07 Å². The van der Waals surface area contributed by atoms with Crippen LogP contribution < -0.4 is 10.2 Å². The van der Waals surface area contributed by atoms with Crippen molar-refractivity contribution in [3.8, 4) is 0 Å². The highest BCUT2D eigenvalue weighted by Crippen LogP contribution is 2.28. The van der Waals surface area contributed by atoms with Crippen LogP contribution in [-0.2, 0) is 0 Å². The normalized spacial score (nSPS) is 14.7. The Morgan fingerprint density at radius 3 is 2.78 bits per heavy atom. The highest BCUT2D eigenvalue weighted by atomic mass is 79.9. The van der Waals surface area contributed by atoms with Crippen molar-refractivity contribution < 1.29 is 9.18 Å². The zero-order valence-electron chi connectivity index (χ0n) is 17.1. The van der Waals surface area contributed by atoms with E-state index in [4.69, 9.17) is 16.6 Å². The molecule has 0 aliphatic carbocycles. The minimum absolute atomic E-state index is 0.169. The molecule has 4 aromatic rings. The molecule has 0 bridgehead atoms. The fourth-order valence-corrected chi connectivity index (χ4v) is 4.58. The highest BCUT2D eigenvalue weighted by molar-refractivity contribution is 9.10. The molecule has 1 saturated heterocycles. The van der Waals surface area contributed by atoms with Crippen LogP contribution in [0.5, 0.6) is 0 Å². The van der Waals surface area contributed by atoms with E-state index in [-0.39, 0.29) is 11.7 Å². The van der Waals surface area contributed by atoms with Crippen LogP contribution in [0.1, 0.15) is 6.42 Å². The Morgan fingerprint density at radius 1 is 1.06 bits per heavy atom. The van der Waals surface area contributed by atoms with Crippen molar-refractivity contribution in [1.29, 1.82) is 0 Å². The predicted octanol–water partition coefficient (Wildman–Crippen LogP) is 5.79. The smallest absolute Gasteiger partial charge is 0.321 e. The maximum absolute atomic E-state index is 14.1. The maximum atomic E-state index is 14.1. The lowest BCUT2D eigenvalue weighted by Crippen LogP contribution is -2.38. The molecule has 32 heavy (non-hydrogen) atoms. The minimum atomic E-state index is -0.473. The fourth-order valence-electron chi connectivity index (χ4n) is 4.08. The first-order chi connectivity index (χ1) is 15.5. The van der Waals surface area contributed by atoms with E-state index in [1.54, 1.807) is 17.0 Å². The number of nitrogens with one attached hydrogen (secondary N) is 1. The molecule has 1 N–H and O–H groups in total. The van der Waals surface area contributed by atoms with Gasteiger partial charge in [-0.05, 0) is 55.0 Å². The first-order valence-electron chi connectivity index (χ1n) is 10.3. The van der Waals surface area contributed by atoms with Crippen LogP contribution in [0.15, 0.2) is 59.2 Å². The Labute approximate surface area is 197 Å². The van der Waals surface area contributed by atoms with Gasteiger partial charge in [0.05, 0.1) is 22.2 Å². The Hall–Kier alpha value is -2.84. The second-order valence-electron chi connectivity index (χ2n) is 7.71. The quantitative estimate of drug-likeness (QED) is 0.367. The number of halogens is 3. The molecule has 9 heteroatoms. The largest absolute Gasteiger partial charge is 0.353 e. The van der Waals surface area contributed by atoms with E-state index < -0.39 is 5.82 Å². The summed E-state index contributed by atoms with van der Waals surface area (Å²) in [5, 5.41) is 3.32. The number of anilines is 2. The third-order valence-electron chi connectivity index (χ3n) is 5.66. The lowest BCUT2D eigenvalue weighted by atomic mass is 10.2. The molecular weight excluding hydrogens is 497 g/mol. The first kappa shape index (κ1) is 21.0. The first-order valence-corrected chi connectivity index (χ1v) is 11.5. The molecule has 2 aromatic heterocycles. The zero-order valence-corrected chi connectivity index (χ0v) is 19.4. The van der Waals surface area contributed by atoms with Crippen molar-refractivity contribution in [2.75, 3.05) is 36.4 Å². The lowest BCUT2D eigenvalue weighted by molar-refractivity contribution is 0.215. The van der Waals surface area contributed by atoms with Gasteiger partial charge in [0.1, 0.15) is 5.82 Å². The molecule has 0 saturated carbocycles. The molecule has 0 spiro atoms. The summed E-state index contributed by atoms with van der Waals surface area (Å²) < 4.78 is 16.9. The third-order valence-corrected chi connectivity index (χ3v) is 6.38. The second-order valence-corrected chi connectivity index (χ2v) is 9.07. The van der Waals surface area contributed by atoms with Crippen LogP contribution in [0.2, 0.25) is 5.02 Å². The molecule has 5 rings (SSSR count). The number of rotatable bonds is 2. The van der Waals surface area contributed by atoms with Gasteiger partial charge < -0.3 is 19.5 Å². The number of carbonyl (C=O) groups is 1. The Kier molecular flexibility index (Phi) is 5.65. The molecular formula is C23H20BrClFN5O. The van der Waals surface area contributed by atoms with Gasteiger partial charge in [-0.25, -0.2) is 14.2 Å². The van der Waals surface area contributed by atoms with Gasteiger partial charge in [-0.3, -0.25) is 0 Å². The van der Waals surface area contributed by atoms with E-state index in [9.17, 15) is 9.18 Å². The average Bonchev–Trinajstić information content (AvgIpc) is 3.12. The predicted molar refractivity (Wildman–Crippen MR) is 129 cm³/mol. The molecule has 1 fully saturated rings. The Bertz CT molecular complexity index is 1330.